The van der Waals surface area contributed by atoms with E-state index in [1.54, 1.807) is 0 Å². The van der Waals surface area contributed by atoms with Crippen molar-refractivity contribution in [1.82, 2.24) is 14.9 Å². The summed E-state index contributed by atoms with van der Waals surface area (Å²) in [6.45, 7) is 1.00. The molecule has 2 aliphatic rings. The number of nitrogens with zero attached hydrogens (tertiary/aromatic N) is 2. The summed E-state index contributed by atoms with van der Waals surface area (Å²) in [6, 6.07) is -0.178. The third-order valence-electron chi connectivity index (χ3n) is 3.78. The Labute approximate surface area is 99.8 Å². The van der Waals surface area contributed by atoms with Crippen molar-refractivity contribution in [2.75, 3.05) is 6.54 Å². The molecule has 2 atom stereocenters. The number of aryl methyl sites for hydroxylation is 1. The Kier molecular flexibility index (Phi) is 2.63. The molecule has 2 N–H and O–H groups in total. The van der Waals surface area contributed by atoms with Gasteiger partial charge in [0.1, 0.15) is 11.9 Å². The molecule has 0 aliphatic carbocycles. The van der Waals surface area contributed by atoms with Crippen LogP contribution >= 0.6 is 0 Å². The Bertz CT molecular complexity index is 435. The van der Waals surface area contributed by atoms with Crippen LogP contribution < -0.4 is 5.32 Å². The predicted molar refractivity (Wildman–Crippen MR) is 61.8 cm³/mol. The lowest BCUT2D eigenvalue weighted by molar-refractivity contribution is -0.141. The highest BCUT2D eigenvalue weighted by Crippen LogP contribution is 2.31. The number of nitrogens with one attached hydrogen (secondary N) is 1. The van der Waals surface area contributed by atoms with Crippen molar-refractivity contribution < 1.29 is 9.90 Å². The van der Waals surface area contributed by atoms with Crippen LogP contribution in [0.15, 0.2) is 6.20 Å². The van der Waals surface area contributed by atoms with Gasteiger partial charge in [0.2, 0.25) is 0 Å². The van der Waals surface area contributed by atoms with Gasteiger partial charge in [-0.3, -0.25) is 0 Å². The molecule has 0 radical (unpaired) electrons. The number of fused-ring (bicyclic) bond motifs is 1. The summed E-state index contributed by atoms with van der Waals surface area (Å²) >= 11 is 0. The van der Waals surface area contributed by atoms with Gasteiger partial charge in [-0.25, -0.2) is 9.78 Å². The third-order valence-corrected chi connectivity index (χ3v) is 3.78. The topological polar surface area (TPSA) is 67.2 Å². The lowest BCUT2D eigenvalue weighted by Crippen LogP contribution is -2.29. The first-order valence-corrected chi connectivity index (χ1v) is 6.29. The van der Waals surface area contributed by atoms with Gasteiger partial charge in [0.25, 0.3) is 0 Å². The van der Waals surface area contributed by atoms with Crippen LogP contribution in [0.2, 0.25) is 0 Å². The molecule has 2 aliphatic heterocycles. The summed E-state index contributed by atoms with van der Waals surface area (Å²) in [5, 5.41) is 12.7. The van der Waals surface area contributed by atoms with Crippen LogP contribution in [0.25, 0.3) is 0 Å². The second kappa shape index (κ2) is 4.14. The number of carbonyl (C=O) groups is 1. The molecule has 1 aromatic rings. The van der Waals surface area contributed by atoms with Crippen LogP contribution in [0.5, 0.6) is 0 Å². The maximum atomic E-state index is 11.3. The van der Waals surface area contributed by atoms with E-state index in [9.17, 15) is 9.90 Å². The normalized spacial score (nSPS) is 28.0. The molecule has 3 heterocycles. The van der Waals surface area contributed by atoms with E-state index in [1.807, 2.05) is 10.8 Å². The van der Waals surface area contributed by atoms with Gasteiger partial charge in [-0.05, 0) is 38.6 Å². The first-order chi connectivity index (χ1) is 8.27. The Morgan fingerprint density at radius 1 is 1.47 bits per heavy atom. The summed E-state index contributed by atoms with van der Waals surface area (Å²) in [5.74, 6) is 0.188. The summed E-state index contributed by atoms with van der Waals surface area (Å²) < 4.78 is 1.95. The summed E-state index contributed by atoms with van der Waals surface area (Å²) in [5.41, 5.74) is 1.08. The Morgan fingerprint density at radius 2 is 2.35 bits per heavy atom. The quantitative estimate of drug-likeness (QED) is 0.810. The molecule has 0 saturated carbocycles. The molecule has 17 heavy (non-hydrogen) atoms. The summed E-state index contributed by atoms with van der Waals surface area (Å²) in [7, 11) is 0. The molecule has 5 heteroatoms. The van der Waals surface area contributed by atoms with Crippen molar-refractivity contribution in [1.29, 1.82) is 0 Å². The Hall–Kier alpha value is -1.36. The van der Waals surface area contributed by atoms with Crippen molar-refractivity contribution in [2.45, 2.75) is 44.2 Å². The van der Waals surface area contributed by atoms with Crippen LogP contribution in [0.4, 0.5) is 0 Å². The second-order valence-corrected chi connectivity index (χ2v) is 4.87. The molecular formula is C12H17N3O2. The van der Waals surface area contributed by atoms with Gasteiger partial charge in [0.05, 0.1) is 6.04 Å². The molecular weight excluding hydrogens is 218 g/mol. The van der Waals surface area contributed by atoms with Crippen LogP contribution in [-0.4, -0.2) is 27.2 Å². The molecule has 0 amide bonds. The van der Waals surface area contributed by atoms with Crippen LogP contribution in [0.1, 0.15) is 49.3 Å². The van der Waals surface area contributed by atoms with Crippen molar-refractivity contribution in [3.05, 3.63) is 17.7 Å². The predicted octanol–water partition coefficient (Wildman–Crippen LogP) is 1.27. The average molecular weight is 235 g/mol. The molecule has 0 bridgehead atoms. The molecule has 0 spiro atoms. The molecule has 92 valence electrons. The molecule has 3 rings (SSSR count). The molecule has 1 fully saturated rings. The number of aromatic nitrogens is 2. The van der Waals surface area contributed by atoms with Gasteiger partial charge in [0.15, 0.2) is 0 Å². The lowest BCUT2D eigenvalue weighted by atomic mass is 10.0. The van der Waals surface area contributed by atoms with Gasteiger partial charge in [-0.1, -0.05) is 0 Å². The molecule has 1 aromatic heterocycles. The van der Waals surface area contributed by atoms with Gasteiger partial charge in [-0.15, -0.1) is 0 Å². The minimum absolute atomic E-state index is 0.240. The smallest absolute Gasteiger partial charge is 0.326 e. The Morgan fingerprint density at radius 3 is 3.06 bits per heavy atom. The van der Waals surface area contributed by atoms with Crippen molar-refractivity contribution in [3.63, 3.8) is 0 Å². The number of aliphatic carboxylic acids is 1. The fourth-order valence-electron chi connectivity index (χ4n) is 2.96. The lowest BCUT2D eigenvalue weighted by Gasteiger charge is -2.25. The van der Waals surface area contributed by atoms with Gasteiger partial charge in [-0.2, -0.15) is 0 Å². The third kappa shape index (κ3) is 1.74. The first-order valence-electron chi connectivity index (χ1n) is 6.29. The van der Waals surface area contributed by atoms with E-state index < -0.39 is 12.0 Å². The van der Waals surface area contributed by atoms with E-state index in [4.69, 9.17) is 0 Å². The zero-order valence-corrected chi connectivity index (χ0v) is 9.72. The number of hydrogen-bond donors (Lipinski definition) is 2. The van der Waals surface area contributed by atoms with E-state index in [-0.39, 0.29) is 6.04 Å². The van der Waals surface area contributed by atoms with Gasteiger partial charge >= 0.3 is 5.97 Å². The minimum atomic E-state index is -0.733. The highest BCUT2D eigenvalue weighted by molar-refractivity contribution is 5.72. The van der Waals surface area contributed by atoms with Crippen LogP contribution in [-0.2, 0) is 11.2 Å². The Balaban J connectivity index is 2.00. The molecule has 2 unspecified atom stereocenters. The summed E-state index contributed by atoms with van der Waals surface area (Å²) in [6.07, 6.45) is 6.67. The molecule has 1 saturated heterocycles. The number of hydrogen-bond acceptors (Lipinski definition) is 3. The maximum absolute atomic E-state index is 11.3. The average Bonchev–Trinajstić information content (AvgIpc) is 2.96. The van der Waals surface area contributed by atoms with Crippen molar-refractivity contribution in [2.24, 2.45) is 0 Å². The van der Waals surface area contributed by atoms with E-state index >= 15 is 0 Å². The van der Waals surface area contributed by atoms with Crippen LogP contribution in [0, 0.1) is 0 Å². The van der Waals surface area contributed by atoms with E-state index in [0.717, 1.165) is 50.2 Å². The fraction of sp³-hybridized carbons (Fsp3) is 0.667. The zero-order chi connectivity index (χ0) is 11.8. The van der Waals surface area contributed by atoms with E-state index in [1.165, 1.54) is 0 Å². The SMILES string of the molecule is O=C(O)C1CCCc2cnc(C3CCCN3)n21. The largest absolute Gasteiger partial charge is 0.480 e. The van der Waals surface area contributed by atoms with E-state index in [0.29, 0.717) is 0 Å². The fourth-order valence-corrected chi connectivity index (χ4v) is 2.96. The number of carboxylic acid groups (broad SMARTS) is 1. The van der Waals surface area contributed by atoms with Crippen molar-refractivity contribution >= 4 is 5.97 Å². The molecule has 5 nitrogen and oxygen atoms in total. The first kappa shape index (κ1) is 10.8. The van der Waals surface area contributed by atoms with E-state index in [2.05, 4.69) is 10.3 Å². The zero-order valence-electron chi connectivity index (χ0n) is 9.72. The number of rotatable bonds is 2. The van der Waals surface area contributed by atoms with Gasteiger partial charge < -0.3 is 15.0 Å². The van der Waals surface area contributed by atoms with Crippen molar-refractivity contribution in [3.8, 4) is 0 Å². The summed E-state index contributed by atoms with van der Waals surface area (Å²) in [4.78, 5) is 15.8. The van der Waals surface area contributed by atoms with Crippen LogP contribution in [0.3, 0.4) is 0 Å². The minimum Gasteiger partial charge on any atom is -0.480 e. The number of carboxylic acids is 1. The number of imidazole rings is 1. The standard InChI is InChI=1S/C12H17N3O2/c16-12(17)10-5-1-3-8-7-14-11(15(8)10)9-4-2-6-13-9/h7,9-10,13H,1-6H2,(H,16,17). The monoisotopic (exact) mass is 235 g/mol. The highest BCUT2D eigenvalue weighted by Gasteiger charge is 2.31. The molecule has 0 aromatic carbocycles. The maximum Gasteiger partial charge on any atom is 0.326 e. The highest BCUT2D eigenvalue weighted by atomic mass is 16.4. The van der Waals surface area contributed by atoms with Gasteiger partial charge in [0, 0.05) is 11.9 Å². The second-order valence-electron chi connectivity index (χ2n) is 4.87.